The van der Waals surface area contributed by atoms with E-state index >= 15 is 0 Å². The predicted octanol–water partition coefficient (Wildman–Crippen LogP) is 3.65. The Morgan fingerprint density at radius 1 is 1.09 bits per heavy atom. The third kappa shape index (κ3) is 3.56. The number of amides is 1. The molecule has 0 spiro atoms. The van der Waals surface area contributed by atoms with Gasteiger partial charge in [-0.25, -0.2) is 9.97 Å². The molecule has 0 saturated carbocycles. The number of aryl methyl sites for hydroxylation is 1. The molecular formula is C26H26N6O2. The second-order valence-corrected chi connectivity index (χ2v) is 9.02. The number of pyridine rings is 2. The van der Waals surface area contributed by atoms with Crippen molar-refractivity contribution in [3.63, 3.8) is 0 Å². The maximum Gasteiger partial charge on any atom is 0.254 e. The second kappa shape index (κ2) is 8.14. The summed E-state index contributed by atoms with van der Waals surface area (Å²) in [5.74, 6) is 0.591. The summed E-state index contributed by atoms with van der Waals surface area (Å²) in [4.78, 5) is 24.1. The van der Waals surface area contributed by atoms with Gasteiger partial charge < -0.3 is 20.6 Å². The molecule has 4 aromatic rings. The fourth-order valence-corrected chi connectivity index (χ4v) is 4.88. The van der Waals surface area contributed by atoms with E-state index < -0.39 is 0 Å². The molecule has 1 amide bonds. The number of carbonyl (C=O) groups is 1. The first-order valence-corrected chi connectivity index (χ1v) is 11.6. The number of nitrogens with one attached hydrogen (secondary N) is 2. The first-order valence-electron chi connectivity index (χ1n) is 11.6. The molecule has 2 aliphatic heterocycles. The van der Waals surface area contributed by atoms with Gasteiger partial charge in [-0.05, 0) is 61.2 Å². The molecule has 3 N–H and O–H groups in total. The van der Waals surface area contributed by atoms with Gasteiger partial charge in [-0.2, -0.15) is 0 Å². The number of aromatic nitrogens is 3. The Hall–Kier alpha value is -3.91. The van der Waals surface area contributed by atoms with Crippen LogP contribution in [-0.2, 0) is 6.54 Å². The normalized spacial score (nSPS) is 16.1. The quantitative estimate of drug-likeness (QED) is 0.436. The summed E-state index contributed by atoms with van der Waals surface area (Å²) in [5, 5.41) is 16.0. The summed E-state index contributed by atoms with van der Waals surface area (Å²) >= 11 is 0. The van der Waals surface area contributed by atoms with Gasteiger partial charge in [0.2, 0.25) is 0 Å². The molecule has 8 heteroatoms. The highest BCUT2D eigenvalue weighted by molar-refractivity contribution is 6.06. The average Bonchev–Trinajstić information content (AvgIpc) is 3.44. The predicted molar refractivity (Wildman–Crippen MR) is 132 cm³/mol. The van der Waals surface area contributed by atoms with Crippen molar-refractivity contribution in [3.8, 4) is 11.3 Å². The summed E-state index contributed by atoms with van der Waals surface area (Å²) < 4.78 is 2.05. The van der Waals surface area contributed by atoms with E-state index in [4.69, 9.17) is 0 Å². The van der Waals surface area contributed by atoms with Crippen molar-refractivity contribution in [2.45, 2.75) is 32.4 Å². The fraction of sp³-hybridized carbons (Fsp3) is 0.269. The molecule has 5 heterocycles. The van der Waals surface area contributed by atoms with Gasteiger partial charge in [-0.15, -0.1) is 0 Å². The Morgan fingerprint density at radius 2 is 1.94 bits per heavy atom. The first kappa shape index (κ1) is 20.7. The monoisotopic (exact) mass is 454 g/mol. The number of benzene rings is 1. The van der Waals surface area contributed by atoms with Gasteiger partial charge in [0, 0.05) is 31.4 Å². The third-order valence-electron chi connectivity index (χ3n) is 6.75. The van der Waals surface area contributed by atoms with Crippen LogP contribution in [0.5, 0.6) is 0 Å². The largest absolute Gasteiger partial charge is 0.393 e. The zero-order valence-corrected chi connectivity index (χ0v) is 19.0. The van der Waals surface area contributed by atoms with E-state index in [0.29, 0.717) is 17.9 Å². The van der Waals surface area contributed by atoms with Gasteiger partial charge in [-0.3, -0.25) is 9.20 Å². The lowest BCUT2D eigenvalue weighted by atomic mass is 9.99. The van der Waals surface area contributed by atoms with Crippen LogP contribution in [0.2, 0.25) is 0 Å². The number of aliphatic hydroxyl groups excluding tert-OH is 1. The fourth-order valence-electron chi connectivity index (χ4n) is 4.88. The summed E-state index contributed by atoms with van der Waals surface area (Å²) in [6.07, 6.45) is 7.07. The van der Waals surface area contributed by atoms with E-state index in [1.807, 2.05) is 55.8 Å². The molecule has 0 unspecified atom stereocenters. The van der Waals surface area contributed by atoms with Crippen LogP contribution in [0.4, 0.5) is 17.2 Å². The van der Waals surface area contributed by atoms with Gasteiger partial charge in [0.15, 0.2) is 0 Å². The van der Waals surface area contributed by atoms with Crippen LogP contribution >= 0.6 is 0 Å². The van der Waals surface area contributed by atoms with Crippen LogP contribution in [-0.4, -0.2) is 44.6 Å². The van der Waals surface area contributed by atoms with Crippen LogP contribution in [0.1, 0.15) is 34.3 Å². The van der Waals surface area contributed by atoms with Crippen molar-refractivity contribution in [1.29, 1.82) is 0 Å². The molecule has 1 fully saturated rings. The highest BCUT2D eigenvalue weighted by Crippen LogP contribution is 2.35. The Labute approximate surface area is 197 Å². The molecule has 0 atom stereocenters. The van der Waals surface area contributed by atoms with Crippen molar-refractivity contribution >= 4 is 28.7 Å². The molecule has 8 nitrogen and oxygen atoms in total. The summed E-state index contributed by atoms with van der Waals surface area (Å²) in [7, 11) is 0. The Morgan fingerprint density at radius 3 is 2.74 bits per heavy atom. The molecule has 0 aliphatic carbocycles. The third-order valence-corrected chi connectivity index (χ3v) is 6.75. The van der Waals surface area contributed by atoms with E-state index in [9.17, 15) is 9.90 Å². The molecule has 6 rings (SSSR count). The maximum absolute atomic E-state index is 12.8. The van der Waals surface area contributed by atoms with Gasteiger partial charge >= 0.3 is 0 Å². The number of imidazole rings is 1. The minimum atomic E-state index is -0.203. The topological polar surface area (TPSA) is 94.8 Å². The summed E-state index contributed by atoms with van der Waals surface area (Å²) in [5.41, 5.74) is 7.38. The molecule has 1 saturated heterocycles. The second-order valence-electron chi connectivity index (χ2n) is 9.02. The zero-order valence-electron chi connectivity index (χ0n) is 19.0. The number of carbonyl (C=O) groups excluding carboxylic acids is 1. The molecular weight excluding hydrogens is 428 g/mol. The molecule has 0 radical (unpaired) electrons. The Kier molecular flexibility index (Phi) is 4.95. The molecule has 2 aliphatic rings. The number of piperidine rings is 1. The number of nitrogens with zero attached hydrogens (tertiary/aromatic N) is 4. The number of fused-ring (bicyclic) bond motifs is 2. The first-order chi connectivity index (χ1) is 16.6. The smallest absolute Gasteiger partial charge is 0.254 e. The number of hydrogen-bond acceptors (Lipinski definition) is 6. The zero-order chi connectivity index (χ0) is 23.2. The van der Waals surface area contributed by atoms with Crippen molar-refractivity contribution in [1.82, 2.24) is 19.7 Å². The van der Waals surface area contributed by atoms with Gasteiger partial charge in [0.1, 0.15) is 11.5 Å². The maximum atomic E-state index is 12.8. The molecule has 172 valence electrons. The van der Waals surface area contributed by atoms with E-state index in [-0.39, 0.29) is 12.0 Å². The van der Waals surface area contributed by atoms with E-state index in [2.05, 4.69) is 36.0 Å². The standard InChI is InChI=1S/C26H26N6O2/c1-16-6-11-32-22(15-28-24(32)12-16)19-3-4-21(25-20(19)14-29-26(25)34)30-23-5-2-17(13-27-23)31-9-7-18(33)8-10-31/h2-6,11-13,15,18,33H,7-10,14H2,1H3,(H,27,30)(H,29,34). The van der Waals surface area contributed by atoms with E-state index in [1.54, 1.807) is 0 Å². The van der Waals surface area contributed by atoms with Gasteiger partial charge in [0.05, 0.1) is 41.1 Å². The van der Waals surface area contributed by atoms with Crippen molar-refractivity contribution in [2.24, 2.45) is 0 Å². The summed E-state index contributed by atoms with van der Waals surface area (Å²) in [6.45, 7) is 4.18. The van der Waals surface area contributed by atoms with Crippen LogP contribution in [0.3, 0.4) is 0 Å². The lowest BCUT2D eigenvalue weighted by molar-refractivity contribution is 0.0966. The van der Waals surface area contributed by atoms with Gasteiger partial charge in [0.25, 0.3) is 5.91 Å². The lowest BCUT2D eigenvalue weighted by Gasteiger charge is -2.31. The Bertz CT molecular complexity index is 1390. The van der Waals surface area contributed by atoms with Gasteiger partial charge in [-0.1, -0.05) is 6.07 Å². The van der Waals surface area contributed by atoms with Crippen LogP contribution in [0.25, 0.3) is 16.9 Å². The van der Waals surface area contributed by atoms with Crippen molar-refractivity contribution in [3.05, 3.63) is 71.7 Å². The van der Waals surface area contributed by atoms with Crippen molar-refractivity contribution in [2.75, 3.05) is 23.3 Å². The molecule has 1 aromatic carbocycles. The van der Waals surface area contributed by atoms with E-state index in [1.165, 1.54) is 0 Å². The highest BCUT2D eigenvalue weighted by atomic mass is 16.3. The van der Waals surface area contributed by atoms with Crippen LogP contribution < -0.4 is 15.5 Å². The van der Waals surface area contributed by atoms with E-state index in [0.717, 1.165) is 65.3 Å². The minimum absolute atomic E-state index is 0.0903. The number of hydrogen-bond donors (Lipinski definition) is 3. The lowest BCUT2D eigenvalue weighted by Crippen LogP contribution is -2.35. The molecule has 34 heavy (non-hydrogen) atoms. The summed E-state index contributed by atoms with van der Waals surface area (Å²) in [6, 6.07) is 12.0. The number of aliphatic hydroxyl groups is 1. The Balaban J connectivity index is 1.31. The average molecular weight is 455 g/mol. The molecule has 0 bridgehead atoms. The van der Waals surface area contributed by atoms with Crippen LogP contribution in [0.15, 0.2) is 55.0 Å². The minimum Gasteiger partial charge on any atom is -0.393 e. The van der Waals surface area contributed by atoms with Crippen LogP contribution in [0, 0.1) is 6.92 Å². The highest BCUT2D eigenvalue weighted by Gasteiger charge is 2.27. The van der Waals surface area contributed by atoms with Crippen molar-refractivity contribution < 1.29 is 9.90 Å². The number of anilines is 3. The molecule has 3 aromatic heterocycles. The SMILES string of the molecule is Cc1ccn2c(-c3ccc(Nc4ccc(N5CCC(O)CC5)cn4)c4c3CNC4=O)cnc2c1. The number of rotatable bonds is 4.